The van der Waals surface area contributed by atoms with Gasteiger partial charge in [0.1, 0.15) is 5.84 Å². The molecule has 0 aliphatic carbocycles. The molecule has 2 heterocycles. The predicted molar refractivity (Wildman–Crippen MR) is 124 cm³/mol. The third kappa shape index (κ3) is 4.23. The fraction of sp³-hybridized carbons (Fsp3) is 0.364. The Kier molecular flexibility index (Phi) is 5.74. The second-order valence-electron chi connectivity index (χ2n) is 7.70. The van der Waals surface area contributed by atoms with Gasteiger partial charge in [-0.2, -0.15) is 11.8 Å². The Hall–Kier alpha value is -2.18. The van der Waals surface area contributed by atoms with Gasteiger partial charge in [-0.15, -0.1) is 0 Å². The first-order chi connectivity index (χ1) is 14.0. The Labute approximate surface area is 180 Å². The molecular formula is C22H25ClN4OS. The summed E-state index contributed by atoms with van der Waals surface area (Å²) < 4.78 is 0. The van der Waals surface area contributed by atoms with Crippen LogP contribution in [-0.4, -0.2) is 47.8 Å². The summed E-state index contributed by atoms with van der Waals surface area (Å²) in [5, 5.41) is 8.03. The smallest absolute Gasteiger partial charge is 0.253 e. The lowest BCUT2D eigenvalue weighted by Crippen LogP contribution is -2.54. The van der Waals surface area contributed by atoms with E-state index in [0.29, 0.717) is 12.1 Å². The highest BCUT2D eigenvalue weighted by Gasteiger charge is 2.41. The van der Waals surface area contributed by atoms with Crippen LogP contribution in [0.2, 0.25) is 5.02 Å². The average molecular weight is 429 g/mol. The number of amides is 1. The first kappa shape index (κ1) is 20.1. The number of thioether (sulfide) groups is 1. The molecule has 0 atom stereocenters. The van der Waals surface area contributed by atoms with Crippen molar-refractivity contribution in [1.82, 2.24) is 4.90 Å². The zero-order valence-electron chi connectivity index (χ0n) is 16.7. The fourth-order valence-corrected chi connectivity index (χ4v) is 5.19. The fourth-order valence-electron chi connectivity index (χ4n) is 3.79. The van der Waals surface area contributed by atoms with Gasteiger partial charge in [-0.1, -0.05) is 23.7 Å². The van der Waals surface area contributed by atoms with Gasteiger partial charge in [0.2, 0.25) is 0 Å². The van der Waals surface area contributed by atoms with Crippen molar-refractivity contribution in [1.29, 1.82) is 0 Å². The molecule has 0 unspecified atom stereocenters. The number of anilines is 2. The molecule has 152 valence electrons. The molecule has 0 saturated carbocycles. The molecule has 1 spiro atoms. The summed E-state index contributed by atoms with van der Waals surface area (Å²) in [5.41, 5.74) is 3.46. The SMILES string of the molecule is CN(C)C(=O)c1ccc2c(c1)NC1(CCSCC1)C(=NCc1cccc(Cl)c1)N2. The number of aliphatic imine (C=N–C) groups is 1. The Morgan fingerprint density at radius 2 is 1.97 bits per heavy atom. The quantitative estimate of drug-likeness (QED) is 0.741. The second-order valence-corrected chi connectivity index (χ2v) is 9.36. The van der Waals surface area contributed by atoms with Gasteiger partial charge >= 0.3 is 0 Å². The molecule has 0 bridgehead atoms. The summed E-state index contributed by atoms with van der Waals surface area (Å²) in [6, 6.07) is 13.6. The summed E-state index contributed by atoms with van der Waals surface area (Å²) in [7, 11) is 3.54. The highest BCUT2D eigenvalue weighted by Crippen LogP contribution is 2.39. The maximum atomic E-state index is 12.4. The van der Waals surface area contributed by atoms with Crippen LogP contribution in [0.1, 0.15) is 28.8 Å². The highest BCUT2D eigenvalue weighted by molar-refractivity contribution is 7.99. The van der Waals surface area contributed by atoms with E-state index in [-0.39, 0.29) is 11.4 Å². The van der Waals surface area contributed by atoms with Gasteiger partial charge in [-0.25, -0.2) is 0 Å². The minimum absolute atomic E-state index is 0.00303. The van der Waals surface area contributed by atoms with Crippen molar-refractivity contribution in [3.05, 3.63) is 58.6 Å². The molecule has 7 heteroatoms. The molecule has 2 aromatic carbocycles. The Balaban J connectivity index is 1.67. The summed E-state index contributed by atoms with van der Waals surface area (Å²) in [5.74, 6) is 3.13. The Morgan fingerprint density at radius 3 is 2.69 bits per heavy atom. The van der Waals surface area contributed by atoms with E-state index in [4.69, 9.17) is 16.6 Å². The zero-order chi connectivity index (χ0) is 20.4. The lowest BCUT2D eigenvalue weighted by molar-refractivity contribution is 0.0827. The van der Waals surface area contributed by atoms with Crippen LogP contribution in [0, 0.1) is 0 Å². The van der Waals surface area contributed by atoms with Crippen LogP contribution < -0.4 is 10.6 Å². The maximum Gasteiger partial charge on any atom is 0.253 e. The second kappa shape index (κ2) is 8.28. The number of hydrogen-bond donors (Lipinski definition) is 2. The van der Waals surface area contributed by atoms with Crippen molar-refractivity contribution in [3.8, 4) is 0 Å². The highest BCUT2D eigenvalue weighted by atomic mass is 35.5. The number of benzene rings is 2. The third-order valence-electron chi connectivity index (χ3n) is 5.41. The van der Waals surface area contributed by atoms with Crippen molar-refractivity contribution in [2.45, 2.75) is 24.9 Å². The summed E-state index contributed by atoms with van der Waals surface area (Å²) in [6.45, 7) is 0.575. The molecular weight excluding hydrogens is 404 g/mol. The van der Waals surface area contributed by atoms with Gasteiger partial charge in [0, 0.05) is 24.7 Å². The third-order valence-corrected chi connectivity index (χ3v) is 6.63. The van der Waals surface area contributed by atoms with Crippen molar-refractivity contribution in [3.63, 3.8) is 0 Å². The van der Waals surface area contributed by atoms with Crippen LogP contribution in [-0.2, 0) is 6.54 Å². The van der Waals surface area contributed by atoms with E-state index in [1.165, 1.54) is 0 Å². The van der Waals surface area contributed by atoms with Gasteiger partial charge < -0.3 is 15.5 Å². The first-order valence-corrected chi connectivity index (χ1v) is 11.3. The molecule has 1 fully saturated rings. The number of fused-ring (bicyclic) bond motifs is 1. The van der Waals surface area contributed by atoms with E-state index >= 15 is 0 Å². The number of halogens is 1. The van der Waals surface area contributed by atoms with E-state index < -0.39 is 0 Å². The van der Waals surface area contributed by atoms with Crippen molar-refractivity contribution < 1.29 is 4.79 Å². The molecule has 2 aliphatic heterocycles. The molecule has 1 amide bonds. The molecule has 1 saturated heterocycles. The van der Waals surface area contributed by atoms with Crippen molar-refractivity contribution in [2.24, 2.45) is 4.99 Å². The van der Waals surface area contributed by atoms with Crippen LogP contribution in [0.5, 0.6) is 0 Å². The molecule has 2 aromatic rings. The Bertz CT molecular complexity index is 954. The van der Waals surface area contributed by atoms with Crippen LogP contribution in [0.3, 0.4) is 0 Å². The maximum absolute atomic E-state index is 12.4. The number of nitrogens with one attached hydrogen (secondary N) is 2. The topological polar surface area (TPSA) is 56.7 Å². The molecule has 5 nitrogen and oxygen atoms in total. The largest absolute Gasteiger partial charge is 0.371 e. The van der Waals surface area contributed by atoms with Crippen LogP contribution in [0.25, 0.3) is 0 Å². The standard InChI is InChI=1S/C22H25ClN4OS/c1-27(2)20(28)16-6-7-18-19(13-16)26-22(8-10-29-11-9-22)21(25-18)24-14-15-4-3-5-17(23)12-15/h3-7,12-13,26H,8-11,14H2,1-2H3,(H,24,25). The lowest BCUT2D eigenvalue weighted by atomic mass is 9.87. The number of nitrogens with zero attached hydrogens (tertiary/aromatic N) is 2. The van der Waals surface area contributed by atoms with E-state index in [9.17, 15) is 4.79 Å². The first-order valence-electron chi connectivity index (χ1n) is 9.75. The minimum atomic E-state index is -0.226. The summed E-state index contributed by atoms with van der Waals surface area (Å²) in [6.07, 6.45) is 1.98. The summed E-state index contributed by atoms with van der Waals surface area (Å²) in [4.78, 5) is 18.9. The lowest BCUT2D eigenvalue weighted by Gasteiger charge is -2.44. The van der Waals surface area contributed by atoms with Gasteiger partial charge in [-0.3, -0.25) is 9.79 Å². The van der Waals surface area contributed by atoms with Gasteiger partial charge in [0.25, 0.3) is 5.91 Å². The van der Waals surface area contributed by atoms with E-state index in [1.54, 1.807) is 19.0 Å². The minimum Gasteiger partial charge on any atom is -0.371 e. The number of rotatable bonds is 3. The monoisotopic (exact) mass is 428 g/mol. The normalized spacial score (nSPS) is 18.7. The number of carbonyl (C=O) groups is 1. The van der Waals surface area contributed by atoms with Gasteiger partial charge in [-0.05, 0) is 60.2 Å². The van der Waals surface area contributed by atoms with Gasteiger partial charge in [0.15, 0.2) is 0 Å². The molecule has 0 radical (unpaired) electrons. The van der Waals surface area contributed by atoms with Crippen molar-refractivity contribution >= 4 is 46.5 Å². The Morgan fingerprint density at radius 1 is 1.17 bits per heavy atom. The molecule has 2 aliphatic rings. The van der Waals surface area contributed by atoms with Gasteiger partial charge in [0.05, 0.1) is 23.5 Å². The zero-order valence-corrected chi connectivity index (χ0v) is 18.2. The van der Waals surface area contributed by atoms with E-state index in [0.717, 1.165) is 52.1 Å². The number of amidine groups is 1. The predicted octanol–water partition coefficient (Wildman–Crippen LogP) is 4.74. The number of carbonyl (C=O) groups excluding carboxylic acids is 1. The van der Waals surface area contributed by atoms with Crippen LogP contribution in [0.15, 0.2) is 47.5 Å². The van der Waals surface area contributed by atoms with Crippen molar-refractivity contribution in [2.75, 3.05) is 36.2 Å². The molecule has 4 rings (SSSR count). The van der Waals surface area contributed by atoms with E-state index in [1.807, 2.05) is 54.2 Å². The van der Waals surface area contributed by atoms with Crippen LogP contribution >= 0.6 is 23.4 Å². The molecule has 29 heavy (non-hydrogen) atoms. The van der Waals surface area contributed by atoms with E-state index in [2.05, 4.69) is 10.6 Å². The number of hydrogen-bond acceptors (Lipinski definition) is 4. The molecule has 0 aromatic heterocycles. The van der Waals surface area contributed by atoms with Crippen LogP contribution in [0.4, 0.5) is 11.4 Å². The summed E-state index contributed by atoms with van der Waals surface area (Å²) >= 11 is 8.10. The molecule has 2 N–H and O–H groups in total. The average Bonchev–Trinajstić information content (AvgIpc) is 2.72.